The molecule has 0 unspecified atom stereocenters. The number of rotatable bonds is 2. The van der Waals surface area contributed by atoms with Crippen molar-refractivity contribution in [2.24, 2.45) is 5.73 Å². The highest BCUT2D eigenvalue weighted by atomic mass is 16.5. The van der Waals surface area contributed by atoms with Crippen LogP contribution in [0.25, 0.3) is 0 Å². The molecule has 0 atom stereocenters. The summed E-state index contributed by atoms with van der Waals surface area (Å²) in [5, 5.41) is 3.84. The van der Waals surface area contributed by atoms with E-state index < -0.39 is 0 Å². The summed E-state index contributed by atoms with van der Waals surface area (Å²) in [7, 11) is 0. The molecule has 1 aliphatic rings. The second-order valence-electron chi connectivity index (χ2n) is 3.32. The Morgan fingerprint density at radius 1 is 1.73 bits per heavy atom. The topological polar surface area (TPSA) is 52.0 Å². The van der Waals surface area contributed by atoms with Crippen molar-refractivity contribution in [1.29, 1.82) is 0 Å². The number of aromatic nitrogens is 1. The lowest BCUT2D eigenvalue weighted by molar-refractivity contribution is 0.351. The highest BCUT2D eigenvalue weighted by molar-refractivity contribution is 5.23. The first-order valence-corrected chi connectivity index (χ1v) is 3.91. The maximum Gasteiger partial charge on any atom is 0.144 e. The summed E-state index contributed by atoms with van der Waals surface area (Å²) in [6.45, 7) is 2.61. The molecule has 0 amide bonds. The van der Waals surface area contributed by atoms with Gasteiger partial charge < -0.3 is 10.3 Å². The SMILES string of the molecule is Cc1cc(C2(CN)CC2)on1. The van der Waals surface area contributed by atoms with Crippen molar-refractivity contribution in [3.63, 3.8) is 0 Å². The second-order valence-corrected chi connectivity index (χ2v) is 3.32. The van der Waals surface area contributed by atoms with E-state index in [9.17, 15) is 0 Å². The summed E-state index contributed by atoms with van der Waals surface area (Å²) in [4.78, 5) is 0. The predicted octanol–water partition coefficient (Wildman–Crippen LogP) is 0.973. The molecule has 3 heteroatoms. The molecule has 2 rings (SSSR count). The summed E-state index contributed by atoms with van der Waals surface area (Å²) >= 11 is 0. The van der Waals surface area contributed by atoms with Crippen molar-refractivity contribution in [2.45, 2.75) is 25.2 Å². The fourth-order valence-electron chi connectivity index (χ4n) is 1.32. The van der Waals surface area contributed by atoms with Gasteiger partial charge in [-0.05, 0) is 19.8 Å². The summed E-state index contributed by atoms with van der Waals surface area (Å²) in [6.07, 6.45) is 2.30. The fourth-order valence-corrected chi connectivity index (χ4v) is 1.32. The van der Waals surface area contributed by atoms with E-state index in [2.05, 4.69) is 5.16 Å². The van der Waals surface area contributed by atoms with Crippen LogP contribution in [0.3, 0.4) is 0 Å². The lowest BCUT2D eigenvalue weighted by atomic mass is 10.0. The quantitative estimate of drug-likeness (QED) is 0.687. The van der Waals surface area contributed by atoms with E-state index in [1.807, 2.05) is 13.0 Å². The van der Waals surface area contributed by atoms with Crippen LogP contribution in [0.2, 0.25) is 0 Å². The smallest absolute Gasteiger partial charge is 0.144 e. The maximum absolute atomic E-state index is 5.62. The van der Waals surface area contributed by atoms with Gasteiger partial charge in [-0.1, -0.05) is 5.16 Å². The molecule has 0 aromatic carbocycles. The van der Waals surface area contributed by atoms with E-state index in [0.717, 1.165) is 24.3 Å². The molecule has 1 heterocycles. The Hall–Kier alpha value is -0.830. The normalized spacial score (nSPS) is 20.2. The lowest BCUT2D eigenvalue weighted by Gasteiger charge is -2.04. The molecule has 1 saturated carbocycles. The van der Waals surface area contributed by atoms with Crippen LogP contribution < -0.4 is 5.73 Å². The Bertz CT molecular complexity index is 263. The molecule has 0 bridgehead atoms. The van der Waals surface area contributed by atoms with Crippen molar-refractivity contribution < 1.29 is 4.52 Å². The van der Waals surface area contributed by atoms with Crippen LogP contribution >= 0.6 is 0 Å². The first kappa shape index (κ1) is 6.85. The summed E-state index contributed by atoms with van der Waals surface area (Å²) in [6, 6.07) is 1.99. The third-order valence-electron chi connectivity index (χ3n) is 2.39. The number of hydrogen-bond donors (Lipinski definition) is 1. The minimum Gasteiger partial charge on any atom is -0.361 e. The Kier molecular flexibility index (Phi) is 1.29. The molecule has 0 saturated heterocycles. The molecular weight excluding hydrogens is 140 g/mol. The molecular formula is C8H12N2O. The highest BCUT2D eigenvalue weighted by Crippen LogP contribution is 2.47. The number of nitrogens with two attached hydrogens (primary N) is 1. The van der Waals surface area contributed by atoms with Gasteiger partial charge in [0.25, 0.3) is 0 Å². The van der Waals surface area contributed by atoms with Crippen molar-refractivity contribution in [3.8, 4) is 0 Å². The predicted molar refractivity (Wildman–Crippen MR) is 41.2 cm³/mol. The molecule has 1 aromatic rings. The zero-order valence-electron chi connectivity index (χ0n) is 6.63. The van der Waals surface area contributed by atoms with Gasteiger partial charge in [0, 0.05) is 18.0 Å². The van der Waals surface area contributed by atoms with Crippen molar-refractivity contribution in [1.82, 2.24) is 5.16 Å². The minimum absolute atomic E-state index is 0.154. The van der Waals surface area contributed by atoms with Gasteiger partial charge in [-0.2, -0.15) is 0 Å². The average molecular weight is 152 g/mol. The van der Waals surface area contributed by atoms with Crippen molar-refractivity contribution >= 4 is 0 Å². The molecule has 1 aromatic heterocycles. The largest absolute Gasteiger partial charge is 0.361 e. The minimum atomic E-state index is 0.154. The fraction of sp³-hybridized carbons (Fsp3) is 0.625. The van der Waals surface area contributed by atoms with E-state index >= 15 is 0 Å². The molecule has 0 radical (unpaired) electrons. The summed E-state index contributed by atoms with van der Waals surface area (Å²) in [5.74, 6) is 0.970. The highest BCUT2D eigenvalue weighted by Gasteiger charge is 2.46. The first-order valence-electron chi connectivity index (χ1n) is 3.91. The van der Waals surface area contributed by atoms with E-state index in [-0.39, 0.29) is 5.41 Å². The zero-order valence-corrected chi connectivity index (χ0v) is 6.63. The van der Waals surface area contributed by atoms with Crippen molar-refractivity contribution in [3.05, 3.63) is 17.5 Å². The Morgan fingerprint density at radius 2 is 2.45 bits per heavy atom. The van der Waals surface area contributed by atoms with Crippen LogP contribution in [0.4, 0.5) is 0 Å². The van der Waals surface area contributed by atoms with E-state index in [1.54, 1.807) is 0 Å². The number of hydrogen-bond acceptors (Lipinski definition) is 3. The Balaban J connectivity index is 2.29. The van der Waals surface area contributed by atoms with Crippen LogP contribution in [-0.4, -0.2) is 11.7 Å². The van der Waals surface area contributed by atoms with Gasteiger partial charge in [0.15, 0.2) is 0 Å². The molecule has 60 valence electrons. The van der Waals surface area contributed by atoms with Gasteiger partial charge in [0.05, 0.1) is 5.69 Å². The van der Waals surface area contributed by atoms with Gasteiger partial charge >= 0.3 is 0 Å². The molecule has 11 heavy (non-hydrogen) atoms. The van der Waals surface area contributed by atoms with Gasteiger partial charge in [0.1, 0.15) is 5.76 Å². The Morgan fingerprint density at radius 3 is 2.82 bits per heavy atom. The standard InChI is InChI=1S/C8H12N2O/c1-6-4-7(11-10-6)8(5-9)2-3-8/h4H,2-3,5,9H2,1H3. The molecule has 1 aliphatic carbocycles. The number of aryl methyl sites for hydroxylation is 1. The number of nitrogens with zero attached hydrogens (tertiary/aromatic N) is 1. The first-order chi connectivity index (χ1) is 5.27. The van der Waals surface area contributed by atoms with Gasteiger partial charge in [-0.25, -0.2) is 0 Å². The van der Waals surface area contributed by atoms with Gasteiger partial charge in [0.2, 0.25) is 0 Å². The van der Waals surface area contributed by atoms with Crippen LogP contribution in [-0.2, 0) is 5.41 Å². The maximum atomic E-state index is 5.62. The molecule has 0 aliphatic heterocycles. The second kappa shape index (κ2) is 2.08. The van der Waals surface area contributed by atoms with Crippen molar-refractivity contribution in [2.75, 3.05) is 6.54 Å². The average Bonchev–Trinajstić information content (AvgIpc) is 2.70. The van der Waals surface area contributed by atoms with E-state index in [0.29, 0.717) is 6.54 Å². The lowest BCUT2D eigenvalue weighted by Crippen LogP contribution is -2.18. The third-order valence-corrected chi connectivity index (χ3v) is 2.39. The summed E-state index contributed by atoms with van der Waals surface area (Å²) < 4.78 is 5.15. The zero-order chi connectivity index (χ0) is 7.90. The van der Waals surface area contributed by atoms with Gasteiger partial charge in [-0.15, -0.1) is 0 Å². The van der Waals surface area contributed by atoms with Crippen LogP contribution in [0, 0.1) is 6.92 Å². The van der Waals surface area contributed by atoms with E-state index in [4.69, 9.17) is 10.3 Å². The van der Waals surface area contributed by atoms with Crippen LogP contribution in [0.1, 0.15) is 24.3 Å². The summed E-state index contributed by atoms with van der Waals surface area (Å²) in [5.41, 5.74) is 6.72. The molecule has 3 nitrogen and oxygen atoms in total. The molecule has 0 spiro atoms. The van der Waals surface area contributed by atoms with E-state index in [1.165, 1.54) is 0 Å². The Labute approximate surface area is 65.6 Å². The molecule has 2 N–H and O–H groups in total. The third kappa shape index (κ3) is 0.959. The van der Waals surface area contributed by atoms with Gasteiger partial charge in [-0.3, -0.25) is 0 Å². The van der Waals surface area contributed by atoms with Crippen LogP contribution in [0.5, 0.6) is 0 Å². The molecule has 1 fully saturated rings. The van der Waals surface area contributed by atoms with Crippen LogP contribution in [0.15, 0.2) is 10.6 Å². The monoisotopic (exact) mass is 152 g/mol.